The lowest BCUT2D eigenvalue weighted by atomic mass is 10.0. The molecule has 0 spiro atoms. The van der Waals surface area contributed by atoms with Crippen molar-refractivity contribution < 1.29 is 5.11 Å². The fraction of sp³-hybridized carbons (Fsp3) is 0.393. The maximum atomic E-state index is 10.5. The molecule has 192 valence electrons. The molecule has 2 aliphatic rings. The Balaban J connectivity index is 1.35. The van der Waals surface area contributed by atoms with E-state index in [1.165, 1.54) is 11.4 Å². The second kappa shape index (κ2) is 8.71. The molecule has 1 atom stereocenters. The first-order valence-corrected chi connectivity index (χ1v) is 12.8. The quantitative estimate of drug-likeness (QED) is 0.441. The number of rotatable bonds is 4. The van der Waals surface area contributed by atoms with Crippen LogP contribution in [0.5, 0.6) is 0 Å². The predicted octanol–water partition coefficient (Wildman–Crippen LogP) is 3.67. The second-order valence-electron chi connectivity index (χ2n) is 10.9. The average Bonchev–Trinajstić information content (AvgIpc) is 3.18. The molecular weight excluding hydrogens is 464 g/mol. The van der Waals surface area contributed by atoms with Gasteiger partial charge in [-0.05, 0) is 64.2 Å². The van der Waals surface area contributed by atoms with Crippen LogP contribution in [-0.2, 0) is 5.60 Å². The van der Waals surface area contributed by atoms with Crippen molar-refractivity contribution in [2.45, 2.75) is 32.4 Å². The van der Waals surface area contributed by atoms with E-state index in [4.69, 9.17) is 9.97 Å². The lowest BCUT2D eigenvalue weighted by molar-refractivity contribution is 0.0738. The summed E-state index contributed by atoms with van der Waals surface area (Å²) in [5.41, 5.74) is 4.82. The first-order valence-electron chi connectivity index (χ1n) is 12.8. The molecule has 9 heteroatoms. The summed E-state index contributed by atoms with van der Waals surface area (Å²) in [5, 5.41) is 14.8. The molecule has 1 unspecified atom stereocenters. The highest BCUT2D eigenvalue weighted by Gasteiger charge is 2.33. The van der Waals surface area contributed by atoms with Gasteiger partial charge in [0.15, 0.2) is 5.65 Å². The number of hydrogen-bond donors (Lipinski definition) is 2. The molecule has 1 aromatic carbocycles. The van der Waals surface area contributed by atoms with Gasteiger partial charge in [0.05, 0.1) is 23.1 Å². The number of hydrogen-bond acceptors (Lipinski definition) is 8. The van der Waals surface area contributed by atoms with E-state index in [2.05, 4.69) is 63.4 Å². The summed E-state index contributed by atoms with van der Waals surface area (Å²) in [6, 6.07) is 14.7. The van der Waals surface area contributed by atoms with Crippen LogP contribution in [-0.4, -0.2) is 75.8 Å². The monoisotopic (exact) mass is 498 g/mol. The Bertz CT molecular complexity index is 1470. The Morgan fingerprint density at radius 1 is 1.00 bits per heavy atom. The molecule has 9 nitrogen and oxygen atoms in total. The number of likely N-dealkylation sites (N-methyl/N-ethyl adjacent to an activating group) is 2. The molecule has 2 N–H and O–H groups in total. The van der Waals surface area contributed by atoms with Gasteiger partial charge in [0.2, 0.25) is 5.95 Å². The summed E-state index contributed by atoms with van der Waals surface area (Å²) in [4.78, 5) is 21.5. The number of benzene rings is 1. The third-order valence-corrected chi connectivity index (χ3v) is 7.44. The van der Waals surface area contributed by atoms with Crippen molar-refractivity contribution in [3.63, 3.8) is 0 Å². The van der Waals surface area contributed by atoms with Crippen LogP contribution in [0.25, 0.3) is 16.9 Å². The standard InChI is InChI=1S/C28H34N8O/c1-18-13-19-15-29-27(32-26(19)36(18)25-8-6-7-24(31-25)28(2,3)37)30-20-9-10-22-23(14-20)35-12-11-33(4)16-21(35)17-34(22)5/h6-10,13-15,21,37H,11-12,16-17H2,1-5H3,(H,29,30,32). The van der Waals surface area contributed by atoms with Crippen molar-refractivity contribution in [2.24, 2.45) is 0 Å². The van der Waals surface area contributed by atoms with Crippen LogP contribution >= 0.6 is 0 Å². The summed E-state index contributed by atoms with van der Waals surface area (Å²) in [5.74, 6) is 1.25. The number of aryl methyl sites for hydroxylation is 1. The summed E-state index contributed by atoms with van der Waals surface area (Å²) in [6.45, 7) is 9.70. The molecule has 2 aliphatic heterocycles. The van der Waals surface area contributed by atoms with Crippen LogP contribution in [0, 0.1) is 6.92 Å². The van der Waals surface area contributed by atoms with Crippen LogP contribution in [0.15, 0.2) is 48.7 Å². The van der Waals surface area contributed by atoms with Crippen LogP contribution in [0.4, 0.5) is 23.0 Å². The van der Waals surface area contributed by atoms with Crippen LogP contribution in [0.2, 0.25) is 0 Å². The van der Waals surface area contributed by atoms with Gasteiger partial charge in [-0.25, -0.2) is 9.97 Å². The lowest BCUT2D eigenvalue weighted by Gasteiger charge is -2.48. The molecule has 0 radical (unpaired) electrons. The zero-order valence-corrected chi connectivity index (χ0v) is 22.1. The van der Waals surface area contributed by atoms with E-state index in [1.807, 2.05) is 35.9 Å². The first-order chi connectivity index (χ1) is 17.7. The zero-order chi connectivity index (χ0) is 25.9. The number of fused-ring (bicyclic) bond motifs is 4. The first kappa shape index (κ1) is 23.7. The molecule has 5 heterocycles. The highest BCUT2D eigenvalue weighted by Crippen LogP contribution is 2.38. The Kier molecular flexibility index (Phi) is 5.58. The van der Waals surface area contributed by atoms with Crippen molar-refractivity contribution in [3.05, 3.63) is 60.0 Å². The van der Waals surface area contributed by atoms with Crippen molar-refractivity contribution >= 4 is 34.0 Å². The lowest BCUT2D eigenvalue weighted by Crippen LogP contribution is -2.58. The summed E-state index contributed by atoms with van der Waals surface area (Å²) >= 11 is 0. The molecule has 1 saturated heterocycles. The number of nitrogens with one attached hydrogen (secondary N) is 1. The number of anilines is 4. The Labute approximate surface area is 217 Å². The minimum Gasteiger partial charge on any atom is -0.384 e. The largest absolute Gasteiger partial charge is 0.384 e. The van der Waals surface area contributed by atoms with Gasteiger partial charge in [0, 0.05) is 56.2 Å². The highest BCUT2D eigenvalue weighted by molar-refractivity contribution is 5.81. The normalized spacial score (nSPS) is 18.2. The molecule has 3 aromatic heterocycles. The number of piperazine rings is 1. The van der Waals surface area contributed by atoms with Crippen LogP contribution in [0.1, 0.15) is 25.2 Å². The second-order valence-corrected chi connectivity index (χ2v) is 10.9. The molecule has 4 aromatic rings. The van der Waals surface area contributed by atoms with Gasteiger partial charge >= 0.3 is 0 Å². The molecule has 0 saturated carbocycles. The van der Waals surface area contributed by atoms with Gasteiger partial charge in [-0.3, -0.25) is 4.57 Å². The van der Waals surface area contributed by atoms with Gasteiger partial charge < -0.3 is 25.1 Å². The number of pyridine rings is 1. The topological polar surface area (TPSA) is 85.6 Å². The number of nitrogens with zero attached hydrogens (tertiary/aromatic N) is 7. The van der Waals surface area contributed by atoms with Crippen molar-refractivity contribution in [1.29, 1.82) is 0 Å². The third-order valence-electron chi connectivity index (χ3n) is 7.44. The highest BCUT2D eigenvalue weighted by atomic mass is 16.3. The minimum atomic E-state index is -1.03. The van der Waals surface area contributed by atoms with Crippen molar-refractivity contribution in [3.8, 4) is 5.82 Å². The minimum absolute atomic E-state index is 0.484. The fourth-order valence-corrected chi connectivity index (χ4v) is 5.54. The molecular formula is C28H34N8O. The van der Waals surface area contributed by atoms with E-state index in [-0.39, 0.29) is 0 Å². The predicted molar refractivity (Wildman–Crippen MR) is 148 cm³/mol. The van der Waals surface area contributed by atoms with E-state index < -0.39 is 5.60 Å². The number of aliphatic hydroxyl groups is 1. The molecule has 0 amide bonds. The molecule has 1 fully saturated rings. The van der Waals surface area contributed by atoms with Gasteiger partial charge in [0.1, 0.15) is 11.4 Å². The Hall–Kier alpha value is -3.69. The Morgan fingerprint density at radius 3 is 2.65 bits per heavy atom. The Morgan fingerprint density at radius 2 is 1.84 bits per heavy atom. The summed E-state index contributed by atoms with van der Waals surface area (Å²) in [6.07, 6.45) is 1.84. The maximum absolute atomic E-state index is 10.5. The van der Waals surface area contributed by atoms with Gasteiger partial charge in [-0.1, -0.05) is 6.07 Å². The van der Waals surface area contributed by atoms with Crippen LogP contribution < -0.4 is 15.1 Å². The van der Waals surface area contributed by atoms with E-state index in [0.717, 1.165) is 54.4 Å². The van der Waals surface area contributed by atoms with Crippen molar-refractivity contribution in [2.75, 3.05) is 55.4 Å². The summed E-state index contributed by atoms with van der Waals surface area (Å²) < 4.78 is 2.01. The average molecular weight is 499 g/mol. The molecule has 6 rings (SSSR count). The van der Waals surface area contributed by atoms with Crippen LogP contribution in [0.3, 0.4) is 0 Å². The molecule has 37 heavy (non-hydrogen) atoms. The van der Waals surface area contributed by atoms with E-state index in [9.17, 15) is 5.11 Å². The van der Waals surface area contributed by atoms with Gasteiger partial charge in [-0.2, -0.15) is 4.98 Å². The zero-order valence-electron chi connectivity index (χ0n) is 22.1. The van der Waals surface area contributed by atoms with Crippen molar-refractivity contribution in [1.82, 2.24) is 24.4 Å². The molecule has 0 bridgehead atoms. The van der Waals surface area contributed by atoms with E-state index in [1.54, 1.807) is 13.8 Å². The van der Waals surface area contributed by atoms with E-state index >= 15 is 0 Å². The van der Waals surface area contributed by atoms with Gasteiger partial charge in [0.25, 0.3) is 0 Å². The van der Waals surface area contributed by atoms with Gasteiger partial charge in [-0.15, -0.1) is 0 Å². The smallest absolute Gasteiger partial charge is 0.229 e. The maximum Gasteiger partial charge on any atom is 0.229 e. The SMILES string of the molecule is Cc1cc2cnc(Nc3ccc4c(c3)N3CCN(C)CC3CN4C)nc2n1-c1cccc(C(C)(C)O)n1. The number of aromatic nitrogens is 4. The van der Waals surface area contributed by atoms with E-state index in [0.29, 0.717) is 17.7 Å². The fourth-order valence-electron chi connectivity index (χ4n) is 5.54. The molecule has 0 aliphatic carbocycles. The third kappa shape index (κ3) is 4.28. The summed E-state index contributed by atoms with van der Waals surface area (Å²) in [7, 11) is 4.37.